The molecule has 1 N–H and O–H groups in total. The number of hydrogen-bond acceptors (Lipinski definition) is 2. The molecule has 2 nitrogen and oxygen atoms in total. The van der Waals surface area contributed by atoms with E-state index in [2.05, 4.69) is 29.6 Å². The number of rotatable bonds is 4. The van der Waals surface area contributed by atoms with Crippen molar-refractivity contribution < 1.29 is 4.42 Å². The van der Waals surface area contributed by atoms with Crippen molar-refractivity contribution >= 4 is 0 Å². The van der Waals surface area contributed by atoms with Crippen molar-refractivity contribution in [1.29, 1.82) is 0 Å². The Morgan fingerprint density at radius 2 is 2.00 bits per heavy atom. The largest absolute Gasteiger partial charge is 0.467 e. The third kappa shape index (κ3) is 2.21. The summed E-state index contributed by atoms with van der Waals surface area (Å²) in [5.74, 6) is 1.07. The van der Waals surface area contributed by atoms with Crippen LogP contribution < -0.4 is 5.32 Å². The molecule has 2 heteroatoms. The molecule has 0 unspecified atom stereocenters. The zero-order valence-corrected chi connectivity index (χ0v) is 11.1. The van der Waals surface area contributed by atoms with Crippen LogP contribution in [0.2, 0.25) is 0 Å². The van der Waals surface area contributed by atoms with Crippen LogP contribution in [-0.2, 0) is 19.4 Å². The molecule has 0 amide bonds. The van der Waals surface area contributed by atoms with Crippen LogP contribution in [0.4, 0.5) is 0 Å². The number of nitrogens with one attached hydrogen (secondary N) is 1. The van der Waals surface area contributed by atoms with Gasteiger partial charge in [-0.05, 0) is 54.9 Å². The van der Waals surface area contributed by atoms with Crippen molar-refractivity contribution in [1.82, 2.24) is 5.32 Å². The summed E-state index contributed by atoms with van der Waals surface area (Å²) >= 11 is 0. The zero-order chi connectivity index (χ0) is 12.7. The lowest BCUT2D eigenvalue weighted by Gasteiger charge is -2.06. The lowest BCUT2D eigenvalue weighted by atomic mass is 10.0. The van der Waals surface area contributed by atoms with Gasteiger partial charge in [0.25, 0.3) is 0 Å². The maximum absolute atomic E-state index is 5.65. The van der Waals surface area contributed by atoms with Crippen LogP contribution in [0.5, 0.6) is 0 Å². The summed E-state index contributed by atoms with van der Waals surface area (Å²) in [5, 5.41) is 3.53. The molecule has 1 fully saturated rings. The second kappa shape index (κ2) is 4.53. The van der Waals surface area contributed by atoms with Gasteiger partial charge in [-0.2, -0.15) is 0 Å². The number of hydrogen-bond donors (Lipinski definition) is 1. The Hall–Kier alpha value is -1.54. The maximum Gasteiger partial charge on any atom is 0.125 e. The fraction of sp³-hybridized carbons (Fsp3) is 0.412. The first-order valence-corrected chi connectivity index (χ1v) is 7.32. The Morgan fingerprint density at radius 3 is 2.89 bits per heavy atom. The lowest BCUT2D eigenvalue weighted by molar-refractivity contribution is 0.483. The highest BCUT2D eigenvalue weighted by Crippen LogP contribution is 2.31. The van der Waals surface area contributed by atoms with Gasteiger partial charge in [-0.3, -0.25) is 0 Å². The first kappa shape index (κ1) is 11.3. The highest BCUT2D eigenvalue weighted by atomic mass is 16.3. The van der Waals surface area contributed by atoms with Gasteiger partial charge in [-0.1, -0.05) is 18.2 Å². The fourth-order valence-corrected chi connectivity index (χ4v) is 3.00. The monoisotopic (exact) mass is 253 g/mol. The Bertz CT molecular complexity index is 595. The van der Waals surface area contributed by atoms with E-state index in [0.29, 0.717) is 0 Å². The molecule has 1 aromatic carbocycles. The minimum atomic E-state index is 0.720. The lowest BCUT2D eigenvalue weighted by Crippen LogP contribution is -2.15. The molecule has 4 rings (SSSR count). The Labute approximate surface area is 113 Å². The predicted molar refractivity (Wildman–Crippen MR) is 76.0 cm³/mol. The highest BCUT2D eigenvalue weighted by molar-refractivity contribution is 5.67. The van der Waals surface area contributed by atoms with Gasteiger partial charge < -0.3 is 9.73 Å². The molecule has 2 aliphatic carbocycles. The number of furan rings is 1. The molecule has 0 aliphatic heterocycles. The van der Waals surface area contributed by atoms with Gasteiger partial charge in [-0.15, -0.1) is 0 Å². The van der Waals surface area contributed by atoms with Gasteiger partial charge in [0.2, 0.25) is 0 Å². The number of fused-ring (bicyclic) bond motifs is 1. The number of aryl methyl sites for hydroxylation is 2. The van der Waals surface area contributed by atoms with Crippen molar-refractivity contribution in [3.63, 3.8) is 0 Å². The molecule has 1 heterocycles. The average Bonchev–Trinajstić information content (AvgIpc) is 2.97. The van der Waals surface area contributed by atoms with Crippen molar-refractivity contribution in [2.45, 2.75) is 44.7 Å². The molecule has 0 bridgehead atoms. The summed E-state index contributed by atoms with van der Waals surface area (Å²) in [4.78, 5) is 0. The van der Waals surface area contributed by atoms with Crippen LogP contribution >= 0.6 is 0 Å². The van der Waals surface area contributed by atoms with Crippen LogP contribution in [0.25, 0.3) is 11.1 Å². The first-order valence-electron chi connectivity index (χ1n) is 7.32. The molecule has 19 heavy (non-hydrogen) atoms. The van der Waals surface area contributed by atoms with E-state index < -0.39 is 0 Å². The van der Waals surface area contributed by atoms with E-state index in [4.69, 9.17) is 4.42 Å². The minimum absolute atomic E-state index is 0.720. The summed E-state index contributed by atoms with van der Waals surface area (Å²) < 4.78 is 5.65. The summed E-state index contributed by atoms with van der Waals surface area (Å²) in [7, 11) is 0. The predicted octanol–water partition coefficient (Wildman–Crippen LogP) is 3.69. The first-order chi connectivity index (χ1) is 9.40. The molecule has 0 spiro atoms. The Morgan fingerprint density at radius 1 is 1.11 bits per heavy atom. The van der Waals surface area contributed by atoms with Crippen LogP contribution in [0, 0.1) is 0 Å². The fourth-order valence-electron chi connectivity index (χ4n) is 3.00. The summed E-state index contributed by atoms with van der Waals surface area (Å²) in [5.41, 5.74) is 5.62. The zero-order valence-electron chi connectivity index (χ0n) is 11.1. The summed E-state index contributed by atoms with van der Waals surface area (Å²) in [6, 6.07) is 9.71. The quantitative estimate of drug-likeness (QED) is 0.899. The second-order valence-electron chi connectivity index (χ2n) is 5.75. The van der Waals surface area contributed by atoms with Gasteiger partial charge in [0, 0.05) is 11.6 Å². The van der Waals surface area contributed by atoms with Crippen molar-refractivity contribution in [3.8, 4) is 11.1 Å². The third-order valence-electron chi connectivity index (χ3n) is 4.28. The van der Waals surface area contributed by atoms with Gasteiger partial charge >= 0.3 is 0 Å². The summed E-state index contributed by atoms with van der Waals surface area (Å²) in [6.45, 7) is 0.851. The molecular weight excluding hydrogens is 234 g/mol. The summed E-state index contributed by atoms with van der Waals surface area (Å²) in [6.07, 6.45) is 8.23. The Balaban J connectivity index is 1.62. The van der Waals surface area contributed by atoms with E-state index in [1.807, 2.05) is 6.26 Å². The van der Waals surface area contributed by atoms with Crippen molar-refractivity contribution in [3.05, 3.63) is 47.4 Å². The van der Waals surface area contributed by atoms with Gasteiger partial charge in [0.15, 0.2) is 0 Å². The van der Waals surface area contributed by atoms with Crippen molar-refractivity contribution in [2.24, 2.45) is 0 Å². The topological polar surface area (TPSA) is 25.2 Å². The maximum atomic E-state index is 5.65. The van der Waals surface area contributed by atoms with Gasteiger partial charge in [0.05, 0.1) is 12.8 Å². The molecule has 2 aromatic rings. The molecule has 1 aromatic heterocycles. The van der Waals surface area contributed by atoms with E-state index in [-0.39, 0.29) is 0 Å². The van der Waals surface area contributed by atoms with Gasteiger partial charge in [0.1, 0.15) is 5.76 Å². The number of benzene rings is 1. The third-order valence-corrected chi connectivity index (χ3v) is 4.28. The normalized spacial score (nSPS) is 17.7. The van der Waals surface area contributed by atoms with E-state index >= 15 is 0 Å². The minimum Gasteiger partial charge on any atom is -0.467 e. The highest BCUT2D eigenvalue weighted by Gasteiger charge is 2.21. The molecular formula is C17H19NO. The van der Waals surface area contributed by atoms with Crippen LogP contribution in [-0.4, -0.2) is 6.04 Å². The molecule has 2 aliphatic rings. The van der Waals surface area contributed by atoms with Crippen LogP contribution in [0.3, 0.4) is 0 Å². The Kier molecular flexibility index (Phi) is 2.70. The standard InChI is InChI=1S/C17H19NO/c1-2-12-4-5-14(10-13(12)3-1)16-8-9-19-17(16)11-18-15-6-7-15/h4-5,8-10,15,18H,1-3,6-7,11H2. The molecule has 1 saturated carbocycles. The van der Waals surface area contributed by atoms with E-state index in [0.717, 1.165) is 18.3 Å². The molecule has 0 saturated heterocycles. The van der Waals surface area contributed by atoms with E-state index in [9.17, 15) is 0 Å². The average molecular weight is 253 g/mol. The molecule has 98 valence electrons. The van der Waals surface area contributed by atoms with Crippen molar-refractivity contribution in [2.75, 3.05) is 0 Å². The second-order valence-corrected chi connectivity index (χ2v) is 5.75. The van der Waals surface area contributed by atoms with E-state index in [1.165, 1.54) is 54.4 Å². The molecule has 0 atom stereocenters. The van der Waals surface area contributed by atoms with Crippen LogP contribution in [0.1, 0.15) is 36.1 Å². The SMILES string of the molecule is c1cc(-c2ccc3c(c2)CCC3)c(CNC2CC2)o1. The van der Waals surface area contributed by atoms with Gasteiger partial charge in [-0.25, -0.2) is 0 Å². The molecule has 0 radical (unpaired) electrons. The van der Waals surface area contributed by atoms with Crippen LogP contribution in [0.15, 0.2) is 34.9 Å². The van der Waals surface area contributed by atoms with E-state index in [1.54, 1.807) is 0 Å². The smallest absolute Gasteiger partial charge is 0.125 e.